The summed E-state index contributed by atoms with van der Waals surface area (Å²) in [5, 5.41) is 4.22. The SMILES string of the molecule is CCCCNc1cc(-c2ccccc2)c(C(N)=O)c(-c2ncc(Br)s2)c1. The van der Waals surface area contributed by atoms with Gasteiger partial charge in [-0.25, -0.2) is 4.98 Å². The molecule has 1 aromatic heterocycles. The fraction of sp³-hybridized carbons (Fsp3) is 0.200. The highest BCUT2D eigenvalue weighted by Gasteiger charge is 2.20. The fourth-order valence-electron chi connectivity index (χ4n) is 2.81. The van der Waals surface area contributed by atoms with Crippen LogP contribution in [0, 0.1) is 0 Å². The smallest absolute Gasteiger partial charge is 0.250 e. The Bertz CT molecular complexity index is 909. The Morgan fingerprint density at radius 3 is 2.58 bits per heavy atom. The molecule has 1 amide bonds. The highest BCUT2D eigenvalue weighted by atomic mass is 79.9. The lowest BCUT2D eigenvalue weighted by Crippen LogP contribution is -2.15. The molecule has 0 aliphatic rings. The quantitative estimate of drug-likeness (QED) is 0.483. The summed E-state index contributed by atoms with van der Waals surface area (Å²) in [6.07, 6.45) is 3.94. The molecule has 6 heteroatoms. The minimum atomic E-state index is -0.453. The maximum Gasteiger partial charge on any atom is 0.250 e. The lowest BCUT2D eigenvalue weighted by molar-refractivity contribution is 0.100. The predicted octanol–water partition coefficient (Wildman–Crippen LogP) is 5.55. The van der Waals surface area contributed by atoms with Crippen LogP contribution in [0.2, 0.25) is 0 Å². The van der Waals surface area contributed by atoms with Crippen molar-refractivity contribution < 1.29 is 4.79 Å². The van der Waals surface area contributed by atoms with Gasteiger partial charge in [0, 0.05) is 17.8 Å². The predicted molar refractivity (Wildman–Crippen MR) is 113 cm³/mol. The molecule has 4 nitrogen and oxygen atoms in total. The zero-order valence-electron chi connectivity index (χ0n) is 14.5. The number of aromatic nitrogens is 1. The molecule has 0 bridgehead atoms. The normalized spacial score (nSPS) is 10.7. The standard InChI is InChI=1S/C20H20BrN3OS/c1-2-3-9-23-14-10-15(13-7-5-4-6-8-13)18(19(22)25)16(11-14)20-24-12-17(21)26-20/h4-8,10-12,23H,2-3,9H2,1H3,(H2,22,25). The number of nitrogens with zero attached hydrogens (tertiary/aromatic N) is 1. The number of primary amides is 1. The van der Waals surface area contributed by atoms with Gasteiger partial charge in [-0.2, -0.15) is 0 Å². The number of nitrogens with one attached hydrogen (secondary N) is 1. The van der Waals surface area contributed by atoms with Gasteiger partial charge in [0.2, 0.25) is 5.91 Å². The van der Waals surface area contributed by atoms with Crippen molar-refractivity contribution in [3.8, 4) is 21.7 Å². The van der Waals surface area contributed by atoms with E-state index in [0.29, 0.717) is 5.56 Å². The Hall–Kier alpha value is -2.18. The first-order valence-electron chi connectivity index (χ1n) is 8.49. The maximum atomic E-state index is 12.3. The first kappa shape index (κ1) is 18.6. The van der Waals surface area contributed by atoms with Crippen molar-refractivity contribution in [3.05, 3.63) is 58.0 Å². The maximum absolute atomic E-state index is 12.3. The van der Waals surface area contributed by atoms with Crippen LogP contribution in [-0.4, -0.2) is 17.4 Å². The number of anilines is 1. The third-order valence-corrected chi connectivity index (χ3v) is 5.55. The van der Waals surface area contributed by atoms with Gasteiger partial charge < -0.3 is 11.1 Å². The molecule has 0 spiro atoms. The monoisotopic (exact) mass is 429 g/mol. The van der Waals surface area contributed by atoms with Crippen molar-refractivity contribution in [2.24, 2.45) is 5.73 Å². The van der Waals surface area contributed by atoms with E-state index >= 15 is 0 Å². The summed E-state index contributed by atoms with van der Waals surface area (Å²) in [6.45, 7) is 3.04. The number of unbranched alkanes of at least 4 members (excludes halogenated alkanes) is 1. The topological polar surface area (TPSA) is 68.0 Å². The molecule has 0 saturated heterocycles. The molecule has 134 valence electrons. The Labute approximate surface area is 165 Å². The number of carbonyl (C=O) groups is 1. The molecule has 0 radical (unpaired) electrons. The van der Waals surface area contributed by atoms with E-state index in [4.69, 9.17) is 5.73 Å². The highest BCUT2D eigenvalue weighted by molar-refractivity contribution is 9.11. The van der Waals surface area contributed by atoms with Crippen LogP contribution in [0.25, 0.3) is 21.7 Å². The van der Waals surface area contributed by atoms with Crippen LogP contribution in [0.3, 0.4) is 0 Å². The second-order valence-electron chi connectivity index (χ2n) is 5.93. The number of amides is 1. The largest absolute Gasteiger partial charge is 0.385 e. The van der Waals surface area contributed by atoms with Gasteiger partial charge in [-0.1, -0.05) is 43.7 Å². The second kappa shape index (κ2) is 8.47. The average Bonchev–Trinajstić information content (AvgIpc) is 3.08. The summed E-state index contributed by atoms with van der Waals surface area (Å²) in [6, 6.07) is 13.8. The van der Waals surface area contributed by atoms with E-state index in [9.17, 15) is 4.79 Å². The van der Waals surface area contributed by atoms with Gasteiger partial charge in [0.05, 0.1) is 15.5 Å². The zero-order chi connectivity index (χ0) is 18.5. The summed E-state index contributed by atoms with van der Waals surface area (Å²) in [7, 11) is 0. The molecule has 0 fully saturated rings. The van der Waals surface area contributed by atoms with Crippen molar-refractivity contribution in [2.75, 3.05) is 11.9 Å². The van der Waals surface area contributed by atoms with Gasteiger partial charge in [0.15, 0.2) is 0 Å². The summed E-state index contributed by atoms with van der Waals surface area (Å²) in [5.41, 5.74) is 9.77. The Morgan fingerprint density at radius 2 is 1.96 bits per heavy atom. The van der Waals surface area contributed by atoms with Crippen molar-refractivity contribution in [1.29, 1.82) is 0 Å². The molecule has 0 aliphatic carbocycles. The molecule has 0 saturated carbocycles. The molecule has 0 aliphatic heterocycles. The van der Waals surface area contributed by atoms with Gasteiger partial charge in [0.25, 0.3) is 0 Å². The van der Waals surface area contributed by atoms with E-state index in [1.807, 2.05) is 42.5 Å². The summed E-state index contributed by atoms with van der Waals surface area (Å²) in [5.74, 6) is -0.453. The molecule has 3 N–H and O–H groups in total. The molecule has 0 unspecified atom stereocenters. The van der Waals surface area contributed by atoms with Crippen molar-refractivity contribution in [3.63, 3.8) is 0 Å². The first-order valence-corrected chi connectivity index (χ1v) is 10.1. The lowest BCUT2D eigenvalue weighted by atomic mass is 9.94. The first-order chi connectivity index (χ1) is 12.6. The van der Waals surface area contributed by atoms with Crippen LogP contribution in [-0.2, 0) is 0 Å². The summed E-state index contributed by atoms with van der Waals surface area (Å²) >= 11 is 4.93. The van der Waals surface area contributed by atoms with E-state index < -0.39 is 5.91 Å². The number of benzene rings is 2. The van der Waals surface area contributed by atoms with E-state index in [1.165, 1.54) is 11.3 Å². The van der Waals surface area contributed by atoms with E-state index in [2.05, 4.69) is 33.2 Å². The van der Waals surface area contributed by atoms with E-state index in [-0.39, 0.29) is 0 Å². The van der Waals surface area contributed by atoms with E-state index in [0.717, 1.165) is 50.6 Å². The fourth-order valence-corrected chi connectivity index (χ4v) is 4.04. The molecule has 2 aromatic carbocycles. The van der Waals surface area contributed by atoms with Crippen LogP contribution < -0.4 is 11.1 Å². The molecule has 1 heterocycles. The number of rotatable bonds is 7. The Morgan fingerprint density at radius 1 is 1.23 bits per heavy atom. The number of hydrogen-bond acceptors (Lipinski definition) is 4. The highest BCUT2D eigenvalue weighted by Crippen LogP contribution is 2.38. The van der Waals surface area contributed by atoms with Crippen molar-refractivity contribution >= 4 is 38.9 Å². The zero-order valence-corrected chi connectivity index (χ0v) is 16.9. The number of halogens is 1. The minimum absolute atomic E-state index is 0.453. The second-order valence-corrected chi connectivity index (χ2v) is 8.34. The summed E-state index contributed by atoms with van der Waals surface area (Å²) < 4.78 is 0.911. The minimum Gasteiger partial charge on any atom is -0.385 e. The van der Waals surface area contributed by atoms with Gasteiger partial charge in [-0.15, -0.1) is 11.3 Å². The molecule has 26 heavy (non-hydrogen) atoms. The summed E-state index contributed by atoms with van der Waals surface area (Å²) in [4.78, 5) is 16.8. The molecule has 3 rings (SSSR count). The lowest BCUT2D eigenvalue weighted by Gasteiger charge is -2.15. The number of thiazole rings is 1. The van der Waals surface area contributed by atoms with Crippen LogP contribution in [0.1, 0.15) is 30.1 Å². The van der Waals surface area contributed by atoms with Crippen LogP contribution in [0.4, 0.5) is 5.69 Å². The number of hydrogen-bond donors (Lipinski definition) is 2. The number of carbonyl (C=O) groups excluding carboxylic acids is 1. The molecular formula is C20H20BrN3OS. The molecule has 3 aromatic rings. The van der Waals surface area contributed by atoms with Gasteiger partial charge in [-0.3, -0.25) is 4.79 Å². The third-order valence-electron chi connectivity index (χ3n) is 4.04. The van der Waals surface area contributed by atoms with Crippen LogP contribution in [0.5, 0.6) is 0 Å². The molecular weight excluding hydrogens is 410 g/mol. The van der Waals surface area contributed by atoms with Gasteiger partial charge in [-0.05, 0) is 45.6 Å². The van der Waals surface area contributed by atoms with Crippen molar-refractivity contribution in [1.82, 2.24) is 4.98 Å². The van der Waals surface area contributed by atoms with E-state index in [1.54, 1.807) is 6.20 Å². The van der Waals surface area contributed by atoms with Gasteiger partial charge in [0.1, 0.15) is 5.01 Å². The average molecular weight is 430 g/mol. The Balaban J connectivity index is 2.20. The van der Waals surface area contributed by atoms with Crippen molar-refractivity contribution in [2.45, 2.75) is 19.8 Å². The Kier molecular flexibility index (Phi) is 6.06. The number of nitrogens with two attached hydrogens (primary N) is 1. The van der Waals surface area contributed by atoms with Gasteiger partial charge >= 0.3 is 0 Å². The van der Waals surface area contributed by atoms with Crippen LogP contribution in [0.15, 0.2) is 52.4 Å². The molecule has 0 atom stereocenters. The van der Waals surface area contributed by atoms with Crippen LogP contribution >= 0.6 is 27.3 Å². The third kappa shape index (κ3) is 4.14.